The Labute approximate surface area is 177 Å². The lowest BCUT2D eigenvalue weighted by atomic mass is 9.95. The minimum atomic E-state index is -4.33. The van der Waals surface area contributed by atoms with E-state index in [1.54, 1.807) is 31.1 Å². The first kappa shape index (κ1) is 24.3. The van der Waals surface area contributed by atoms with Gasteiger partial charge in [0, 0.05) is 39.8 Å². The summed E-state index contributed by atoms with van der Waals surface area (Å²) in [6.45, 7) is 6.59. The fraction of sp³-hybridized carbons (Fsp3) is 0.682. The number of hydrogen-bond acceptors (Lipinski definition) is 3. The van der Waals surface area contributed by atoms with Crippen LogP contribution >= 0.6 is 0 Å². The van der Waals surface area contributed by atoms with Crippen molar-refractivity contribution in [2.45, 2.75) is 45.3 Å². The number of carbonyl (C=O) groups is 1. The zero-order chi connectivity index (χ0) is 22.3. The quantitative estimate of drug-likeness (QED) is 0.619. The third-order valence-electron chi connectivity index (χ3n) is 5.65. The molecule has 0 aromatic heterocycles. The van der Waals surface area contributed by atoms with Crippen molar-refractivity contribution in [3.05, 3.63) is 29.8 Å². The van der Waals surface area contributed by atoms with Gasteiger partial charge < -0.3 is 19.4 Å². The molecule has 5 nitrogen and oxygen atoms in total. The Balaban J connectivity index is 1.82. The van der Waals surface area contributed by atoms with Crippen LogP contribution in [0, 0.1) is 5.92 Å². The lowest BCUT2D eigenvalue weighted by Gasteiger charge is -2.37. The average Bonchev–Trinajstić information content (AvgIpc) is 2.70. The molecule has 1 aliphatic rings. The van der Waals surface area contributed by atoms with Crippen LogP contribution in [0.1, 0.15) is 32.3 Å². The Morgan fingerprint density at radius 1 is 1.20 bits per heavy atom. The molecule has 0 N–H and O–H groups in total. The molecule has 0 saturated carbocycles. The highest BCUT2D eigenvalue weighted by atomic mass is 19.4. The average molecular weight is 430 g/mol. The summed E-state index contributed by atoms with van der Waals surface area (Å²) in [5.74, 6) is 0.798. The van der Waals surface area contributed by atoms with Gasteiger partial charge in [-0.3, -0.25) is 0 Å². The number of halogens is 3. The first-order valence-electron chi connectivity index (χ1n) is 10.6. The number of likely N-dealkylation sites (tertiary alicyclic amines) is 1. The molecule has 0 radical (unpaired) electrons. The summed E-state index contributed by atoms with van der Waals surface area (Å²) in [6, 6.07) is 7.27. The van der Waals surface area contributed by atoms with Crippen molar-refractivity contribution < 1.29 is 22.7 Å². The molecule has 1 unspecified atom stereocenters. The fourth-order valence-electron chi connectivity index (χ4n) is 3.90. The van der Waals surface area contributed by atoms with Gasteiger partial charge in [-0.2, -0.15) is 13.2 Å². The van der Waals surface area contributed by atoms with Gasteiger partial charge in [-0.15, -0.1) is 0 Å². The van der Waals surface area contributed by atoms with Gasteiger partial charge in [0.05, 0.1) is 0 Å². The van der Waals surface area contributed by atoms with E-state index < -0.39 is 12.8 Å². The zero-order valence-electron chi connectivity index (χ0n) is 18.4. The van der Waals surface area contributed by atoms with Crippen molar-refractivity contribution >= 4 is 6.03 Å². The van der Waals surface area contributed by atoms with E-state index >= 15 is 0 Å². The minimum Gasteiger partial charge on any atom is -0.484 e. The predicted octanol–water partition coefficient (Wildman–Crippen LogP) is 4.27. The molecule has 30 heavy (non-hydrogen) atoms. The summed E-state index contributed by atoms with van der Waals surface area (Å²) in [4.78, 5) is 18.1. The Morgan fingerprint density at radius 3 is 2.30 bits per heavy atom. The second kappa shape index (κ2) is 10.9. The van der Waals surface area contributed by atoms with E-state index in [-0.39, 0.29) is 11.8 Å². The summed E-state index contributed by atoms with van der Waals surface area (Å²) in [6.07, 6.45) is -1.49. The Kier molecular flexibility index (Phi) is 8.82. The summed E-state index contributed by atoms with van der Waals surface area (Å²) in [5, 5.41) is 0. The van der Waals surface area contributed by atoms with Crippen molar-refractivity contribution in [2.75, 3.05) is 46.9 Å². The van der Waals surface area contributed by atoms with Gasteiger partial charge in [-0.05, 0) is 56.3 Å². The monoisotopic (exact) mass is 429 g/mol. The summed E-state index contributed by atoms with van der Waals surface area (Å²) < 4.78 is 41.5. The number of nitrogens with zero attached hydrogens (tertiary/aromatic N) is 3. The smallest absolute Gasteiger partial charge is 0.422 e. The number of alkyl halides is 3. The zero-order valence-corrected chi connectivity index (χ0v) is 18.4. The van der Waals surface area contributed by atoms with Gasteiger partial charge in [-0.25, -0.2) is 4.79 Å². The molecular weight excluding hydrogens is 395 g/mol. The SMILES string of the molecule is CCN(CC1CCN(C(=O)N(C)C)CC1)C(C)Cc1ccc(OCC(F)(F)F)cc1. The van der Waals surface area contributed by atoms with Crippen molar-refractivity contribution in [2.24, 2.45) is 5.92 Å². The largest absolute Gasteiger partial charge is 0.484 e. The number of urea groups is 1. The van der Waals surface area contributed by atoms with Gasteiger partial charge in [0.1, 0.15) is 5.75 Å². The summed E-state index contributed by atoms with van der Waals surface area (Å²) >= 11 is 0. The third-order valence-corrected chi connectivity index (χ3v) is 5.65. The van der Waals surface area contributed by atoms with Gasteiger partial charge in [0.15, 0.2) is 6.61 Å². The van der Waals surface area contributed by atoms with Crippen LogP contribution in [0.15, 0.2) is 24.3 Å². The summed E-state index contributed by atoms with van der Waals surface area (Å²) in [7, 11) is 3.56. The lowest BCUT2D eigenvalue weighted by Crippen LogP contribution is -2.46. The van der Waals surface area contributed by atoms with E-state index in [9.17, 15) is 18.0 Å². The Bertz CT molecular complexity index is 657. The van der Waals surface area contributed by atoms with Crippen LogP contribution in [0.2, 0.25) is 0 Å². The number of hydrogen-bond donors (Lipinski definition) is 0. The second-order valence-corrected chi connectivity index (χ2v) is 8.30. The summed E-state index contributed by atoms with van der Waals surface area (Å²) in [5.41, 5.74) is 1.08. The number of benzene rings is 1. The maximum absolute atomic E-state index is 12.3. The first-order chi connectivity index (χ1) is 14.1. The highest BCUT2D eigenvalue weighted by Crippen LogP contribution is 2.22. The highest BCUT2D eigenvalue weighted by Gasteiger charge is 2.28. The van der Waals surface area contributed by atoms with E-state index in [1.165, 1.54) is 0 Å². The molecule has 2 rings (SSSR count). The Hall–Kier alpha value is -1.96. The third kappa shape index (κ3) is 7.70. The second-order valence-electron chi connectivity index (χ2n) is 8.30. The molecule has 1 aromatic carbocycles. The van der Waals surface area contributed by atoms with Crippen LogP contribution in [0.4, 0.5) is 18.0 Å². The molecule has 1 heterocycles. The van der Waals surface area contributed by atoms with E-state index in [0.29, 0.717) is 12.0 Å². The normalized spacial score (nSPS) is 16.6. The molecule has 1 aliphatic heterocycles. The minimum absolute atomic E-state index is 0.0804. The topological polar surface area (TPSA) is 36.0 Å². The molecule has 1 aromatic rings. The molecular formula is C22H34F3N3O2. The maximum atomic E-state index is 12.3. The number of carbonyl (C=O) groups excluding carboxylic acids is 1. The molecule has 0 aliphatic carbocycles. The van der Waals surface area contributed by atoms with Crippen molar-refractivity contribution in [1.82, 2.24) is 14.7 Å². The van der Waals surface area contributed by atoms with Gasteiger partial charge in [0.2, 0.25) is 0 Å². The molecule has 1 atom stereocenters. The van der Waals surface area contributed by atoms with E-state index in [4.69, 9.17) is 4.74 Å². The van der Waals surface area contributed by atoms with Crippen molar-refractivity contribution in [3.63, 3.8) is 0 Å². The maximum Gasteiger partial charge on any atom is 0.422 e. The first-order valence-corrected chi connectivity index (χ1v) is 10.6. The van der Waals surface area contributed by atoms with E-state index in [1.807, 2.05) is 17.0 Å². The number of amides is 2. The number of rotatable bonds is 8. The van der Waals surface area contributed by atoms with Crippen molar-refractivity contribution in [1.29, 1.82) is 0 Å². The Morgan fingerprint density at radius 2 is 1.80 bits per heavy atom. The van der Waals surface area contributed by atoms with Crippen LogP contribution in [0.25, 0.3) is 0 Å². The van der Waals surface area contributed by atoms with Gasteiger partial charge in [0.25, 0.3) is 0 Å². The fourth-order valence-corrected chi connectivity index (χ4v) is 3.90. The number of ether oxygens (including phenoxy) is 1. The van der Waals surface area contributed by atoms with Crippen LogP contribution in [0.3, 0.4) is 0 Å². The lowest BCUT2D eigenvalue weighted by molar-refractivity contribution is -0.153. The molecule has 1 saturated heterocycles. The molecule has 170 valence electrons. The molecule has 0 bridgehead atoms. The highest BCUT2D eigenvalue weighted by molar-refractivity contribution is 5.73. The van der Waals surface area contributed by atoms with Gasteiger partial charge in [-0.1, -0.05) is 19.1 Å². The van der Waals surface area contributed by atoms with Crippen LogP contribution in [-0.4, -0.2) is 79.8 Å². The van der Waals surface area contributed by atoms with Crippen molar-refractivity contribution in [3.8, 4) is 5.75 Å². The van der Waals surface area contributed by atoms with Crippen LogP contribution in [0.5, 0.6) is 5.75 Å². The predicted molar refractivity (Wildman–Crippen MR) is 112 cm³/mol. The van der Waals surface area contributed by atoms with E-state index in [2.05, 4.69) is 18.7 Å². The van der Waals surface area contributed by atoms with Crippen LogP contribution < -0.4 is 4.74 Å². The standard InChI is InChI=1S/C22H34F3N3O2/c1-5-27(15-19-10-12-28(13-11-19)21(29)26(3)4)17(2)14-18-6-8-20(9-7-18)30-16-22(23,24)25/h6-9,17,19H,5,10-16H2,1-4H3. The molecule has 1 fully saturated rings. The van der Waals surface area contributed by atoms with Crippen LogP contribution in [-0.2, 0) is 6.42 Å². The molecule has 8 heteroatoms. The van der Waals surface area contributed by atoms with Gasteiger partial charge >= 0.3 is 12.2 Å². The number of likely N-dealkylation sites (N-methyl/N-ethyl adjacent to an activating group) is 1. The number of piperidine rings is 1. The molecule has 2 amide bonds. The molecule has 0 spiro atoms. The van der Waals surface area contributed by atoms with E-state index in [0.717, 1.165) is 51.0 Å².